The van der Waals surface area contributed by atoms with E-state index in [9.17, 15) is 21.6 Å². The third-order valence-electron chi connectivity index (χ3n) is 0.231. The van der Waals surface area contributed by atoms with Crippen molar-refractivity contribution in [1.29, 1.82) is 0 Å². The average Bonchev–Trinajstić information content (AvgIpc) is 1.55. The molecule has 0 saturated carbocycles. The van der Waals surface area contributed by atoms with Crippen LogP contribution in [0.4, 0.5) is 13.2 Å². The molecule has 0 heterocycles. The van der Waals surface area contributed by atoms with Gasteiger partial charge in [0.1, 0.15) is 5.97 Å². The summed E-state index contributed by atoms with van der Waals surface area (Å²) in [5.41, 5.74) is 0. The van der Waals surface area contributed by atoms with Gasteiger partial charge >= 0.3 is 25.0 Å². The molecule has 13 heavy (non-hydrogen) atoms. The van der Waals surface area contributed by atoms with Crippen molar-refractivity contribution < 1.29 is 54.9 Å². The standard InChI is InChI=1S/C2HF3O2.CH4O3S.Li/c3-2(4,5)1(6)7;1-5(2,3)4;/h(H,6,7);1H3,(H,2,3,4);/q;;+1/p-1. The Balaban J connectivity index is -0.000000150. The molecule has 0 radical (unpaired) electrons. The topological polar surface area (TPSA) is 94.5 Å². The number of rotatable bonds is 0. The monoisotopic (exact) mass is 216 g/mol. The molecule has 5 nitrogen and oxygen atoms in total. The Hall–Kier alpha value is -0.233. The van der Waals surface area contributed by atoms with Crippen LogP contribution in [0.3, 0.4) is 0 Å². The van der Waals surface area contributed by atoms with E-state index < -0.39 is 22.3 Å². The normalized spacial score (nSPS) is 10.5. The summed E-state index contributed by atoms with van der Waals surface area (Å²) in [5, 5.41) is 8.78. The zero-order valence-electron chi connectivity index (χ0n) is 6.62. The van der Waals surface area contributed by atoms with Gasteiger partial charge in [0.15, 0.2) is 0 Å². The third kappa shape index (κ3) is 33.8. The van der Waals surface area contributed by atoms with Gasteiger partial charge < -0.3 is 9.90 Å². The molecule has 0 aromatic heterocycles. The van der Waals surface area contributed by atoms with Crippen LogP contribution in [0.15, 0.2) is 0 Å². The van der Waals surface area contributed by atoms with Crippen molar-refractivity contribution in [3.05, 3.63) is 0 Å². The molecular weight excluding hydrogens is 212 g/mol. The number of hydrogen-bond donors (Lipinski definition) is 1. The number of halogens is 3. The number of hydrogen-bond acceptors (Lipinski definition) is 4. The second-order valence-corrected chi connectivity index (χ2v) is 2.98. The summed E-state index contributed by atoms with van der Waals surface area (Å²) >= 11 is 0. The fourth-order valence-corrected chi connectivity index (χ4v) is 0. The smallest absolute Gasteiger partial charge is 0.542 e. The molecule has 0 aliphatic heterocycles. The minimum absolute atomic E-state index is 0. The largest absolute Gasteiger partial charge is 1.00 e. The van der Waals surface area contributed by atoms with Crippen molar-refractivity contribution in [3.63, 3.8) is 0 Å². The van der Waals surface area contributed by atoms with E-state index in [0.717, 1.165) is 0 Å². The van der Waals surface area contributed by atoms with E-state index in [1.54, 1.807) is 0 Å². The van der Waals surface area contributed by atoms with Gasteiger partial charge in [-0.3, -0.25) is 4.55 Å². The van der Waals surface area contributed by atoms with Gasteiger partial charge in [-0.1, -0.05) is 0 Å². The van der Waals surface area contributed by atoms with Crippen molar-refractivity contribution in [3.8, 4) is 0 Å². The van der Waals surface area contributed by atoms with E-state index in [1.165, 1.54) is 0 Å². The van der Waals surface area contributed by atoms with Crippen molar-refractivity contribution >= 4 is 16.1 Å². The van der Waals surface area contributed by atoms with Crippen LogP contribution in [0.5, 0.6) is 0 Å². The van der Waals surface area contributed by atoms with Crippen LogP contribution in [0.2, 0.25) is 0 Å². The molecule has 0 bridgehead atoms. The van der Waals surface area contributed by atoms with Gasteiger partial charge in [-0.2, -0.15) is 21.6 Å². The van der Waals surface area contributed by atoms with Crippen LogP contribution < -0.4 is 24.0 Å². The van der Waals surface area contributed by atoms with Crippen LogP contribution in [-0.4, -0.2) is 31.4 Å². The zero-order chi connectivity index (χ0) is 10.6. The van der Waals surface area contributed by atoms with Gasteiger partial charge in [0.05, 0.1) is 6.26 Å². The predicted molar refractivity (Wildman–Crippen MR) is 28.5 cm³/mol. The van der Waals surface area contributed by atoms with Gasteiger partial charge in [-0.05, 0) is 0 Å². The van der Waals surface area contributed by atoms with E-state index in [1.807, 2.05) is 0 Å². The second kappa shape index (κ2) is 6.26. The summed E-state index contributed by atoms with van der Waals surface area (Å²) in [6.45, 7) is 0. The quantitative estimate of drug-likeness (QED) is 0.327. The zero-order valence-corrected chi connectivity index (χ0v) is 7.44. The SMILES string of the molecule is CS(=O)(=O)O.O=C([O-])C(F)(F)F.[Li+]. The summed E-state index contributed by atoms with van der Waals surface area (Å²) in [7, 11) is -3.67. The van der Waals surface area contributed by atoms with Crippen molar-refractivity contribution in [2.75, 3.05) is 6.26 Å². The molecule has 0 aliphatic rings. The molecule has 0 rings (SSSR count). The minimum Gasteiger partial charge on any atom is -0.542 e. The van der Waals surface area contributed by atoms with E-state index in [4.69, 9.17) is 14.5 Å². The molecule has 0 aromatic carbocycles. The van der Waals surface area contributed by atoms with E-state index >= 15 is 0 Å². The molecule has 0 spiro atoms. The summed E-state index contributed by atoms with van der Waals surface area (Å²) in [4.78, 5) is 8.78. The van der Waals surface area contributed by atoms with Crippen LogP contribution in [-0.2, 0) is 14.9 Å². The summed E-state index contributed by atoms with van der Waals surface area (Å²) in [6, 6.07) is 0. The van der Waals surface area contributed by atoms with E-state index in [-0.39, 0.29) is 18.9 Å². The Labute approximate surface area is 83.9 Å². The number of alkyl halides is 3. The van der Waals surface area contributed by atoms with Gasteiger partial charge in [-0.15, -0.1) is 0 Å². The Morgan fingerprint density at radius 1 is 1.38 bits per heavy atom. The summed E-state index contributed by atoms with van der Waals surface area (Å²) < 4.78 is 57.4. The van der Waals surface area contributed by atoms with Gasteiger partial charge in [0.2, 0.25) is 0 Å². The average molecular weight is 216 g/mol. The molecular formula is C3H4F3LiO5S. The molecule has 0 fully saturated rings. The van der Waals surface area contributed by atoms with E-state index in [2.05, 4.69) is 0 Å². The van der Waals surface area contributed by atoms with Crippen molar-refractivity contribution in [2.45, 2.75) is 6.18 Å². The maximum absolute atomic E-state index is 10.5. The fourth-order valence-electron chi connectivity index (χ4n) is 0. The number of carbonyl (C=O) groups excluding carboxylic acids is 1. The maximum Gasteiger partial charge on any atom is 1.00 e. The molecule has 0 unspecified atom stereocenters. The first kappa shape index (κ1) is 18.5. The van der Waals surface area contributed by atoms with Gasteiger partial charge in [-0.25, -0.2) is 0 Å². The molecule has 74 valence electrons. The molecule has 0 aromatic rings. The van der Waals surface area contributed by atoms with Crippen LogP contribution >= 0.6 is 0 Å². The number of carboxylic acids is 1. The molecule has 0 atom stereocenters. The van der Waals surface area contributed by atoms with Crippen LogP contribution in [0, 0.1) is 0 Å². The first-order chi connectivity index (χ1) is 4.94. The Kier molecular flexibility index (Phi) is 8.92. The molecule has 1 N–H and O–H groups in total. The van der Waals surface area contributed by atoms with Crippen LogP contribution in [0.1, 0.15) is 0 Å². The molecule has 0 saturated heterocycles. The fraction of sp³-hybridized carbons (Fsp3) is 0.667. The number of carboxylic acid groups (broad SMARTS) is 1. The Bertz CT molecular complexity index is 236. The number of aliphatic carboxylic acids is 1. The summed E-state index contributed by atoms with van der Waals surface area (Å²) in [6.07, 6.45) is -4.48. The van der Waals surface area contributed by atoms with Crippen molar-refractivity contribution in [1.82, 2.24) is 0 Å². The van der Waals surface area contributed by atoms with Crippen LogP contribution in [0.25, 0.3) is 0 Å². The van der Waals surface area contributed by atoms with E-state index in [0.29, 0.717) is 6.26 Å². The van der Waals surface area contributed by atoms with Crippen molar-refractivity contribution in [2.24, 2.45) is 0 Å². The summed E-state index contributed by atoms with van der Waals surface area (Å²) in [5.74, 6) is -3.01. The Morgan fingerprint density at radius 2 is 1.46 bits per heavy atom. The predicted octanol–water partition coefficient (Wildman–Crippen LogP) is -4.19. The third-order valence-corrected chi connectivity index (χ3v) is 0.231. The Morgan fingerprint density at radius 3 is 1.46 bits per heavy atom. The molecule has 10 heteroatoms. The second-order valence-electron chi connectivity index (χ2n) is 1.52. The minimum atomic E-state index is -5.19. The first-order valence-corrected chi connectivity index (χ1v) is 4.00. The maximum atomic E-state index is 10.5. The number of carbonyl (C=O) groups is 1. The van der Waals surface area contributed by atoms with Gasteiger partial charge in [0, 0.05) is 0 Å². The molecule has 0 amide bonds. The van der Waals surface area contributed by atoms with Gasteiger partial charge in [0.25, 0.3) is 10.1 Å². The molecule has 0 aliphatic carbocycles. The first-order valence-electron chi connectivity index (χ1n) is 2.15.